The molecule has 1 N–H and O–H groups in total. The van der Waals surface area contributed by atoms with E-state index in [9.17, 15) is 9.59 Å². The third kappa shape index (κ3) is 3.41. The van der Waals surface area contributed by atoms with E-state index in [2.05, 4.69) is 10.3 Å². The summed E-state index contributed by atoms with van der Waals surface area (Å²) in [5.74, 6) is -0.198. The number of hydrogen-bond acceptors (Lipinski definition) is 3. The Labute approximate surface area is 145 Å². The molecule has 2 amide bonds. The molecule has 124 valence electrons. The van der Waals surface area contributed by atoms with Gasteiger partial charge in [-0.05, 0) is 43.2 Å². The molecule has 3 rings (SSSR count). The standard InChI is InChI=1S/C18H18ClN3O2/c1-11-3-4-12(2)15(7-11)22-10-13(8-17(22)23)18(24)21-16-6-5-14(19)9-20-16/h3-7,9,13H,8,10H2,1-2H3,(H,20,21,24). The average Bonchev–Trinajstić information content (AvgIpc) is 2.94. The molecule has 1 aliphatic heterocycles. The molecule has 24 heavy (non-hydrogen) atoms. The molecule has 6 heteroatoms. The average molecular weight is 344 g/mol. The van der Waals surface area contributed by atoms with E-state index in [4.69, 9.17) is 11.6 Å². The molecule has 1 fully saturated rings. The van der Waals surface area contributed by atoms with Crippen molar-refractivity contribution >= 4 is 34.9 Å². The second-order valence-electron chi connectivity index (χ2n) is 6.05. The van der Waals surface area contributed by atoms with Gasteiger partial charge in [0.15, 0.2) is 0 Å². The minimum absolute atomic E-state index is 0.0343. The Bertz CT molecular complexity index is 789. The Hall–Kier alpha value is -2.40. The van der Waals surface area contributed by atoms with E-state index in [-0.39, 0.29) is 18.2 Å². The van der Waals surface area contributed by atoms with Crippen molar-refractivity contribution in [3.05, 3.63) is 52.7 Å². The van der Waals surface area contributed by atoms with Crippen LogP contribution < -0.4 is 10.2 Å². The summed E-state index contributed by atoms with van der Waals surface area (Å²) in [6.45, 7) is 4.33. The highest BCUT2D eigenvalue weighted by Crippen LogP contribution is 2.29. The third-order valence-corrected chi connectivity index (χ3v) is 4.35. The largest absolute Gasteiger partial charge is 0.311 e. The summed E-state index contributed by atoms with van der Waals surface area (Å²) >= 11 is 5.78. The van der Waals surface area contributed by atoms with Crippen LogP contribution in [0.4, 0.5) is 11.5 Å². The maximum atomic E-state index is 12.4. The fraction of sp³-hybridized carbons (Fsp3) is 0.278. The van der Waals surface area contributed by atoms with Gasteiger partial charge in [0.1, 0.15) is 5.82 Å². The Balaban J connectivity index is 1.73. The lowest BCUT2D eigenvalue weighted by atomic mass is 10.1. The number of carbonyl (C=O) groups is 2. The smallest absolute Gasteiger partial charge is 0.230 e. The first-order valence-corrected chi connectivity index (χ1v) is 8.12. The Kier molecular flexibility index (Phi) is 4.53. The summed E-state index contributed by atoms with van der Waals surface area (Å²) in [5, 5.41) is 3.25. The molecule has 0 bridgehead atoms. The number of halogens is 1. The summed E-state index contributed by atoms with van der Waals surface area (Å²) in [6, 6.07) is 9.28. The summed E-state index contributed by atoms with van der Waals surface area (Å²) in [6.07, 6.45) is 1.67. The van der Waals surface area contributed by atoms with Gasteiger partial charge in [-0.2, -0.15) is 0 Å². The second-order valence-corrected chi connectivity index (χ2v) is 6.48. The summed E-state index contributed by atoms with van der Waals surface area (Å²) in [7, 11) is 0. The van der Waals surface area contributed by atoms with Gasteiger partial charge in [-0.3, -0.25) is 9.59 Å². The number of aryl methyl sites for hydroxylation is 2. The van der Waals surface area contributed by atoms with Crippen LogP contribution in [0.15, 0.2) is 36.5 Å². The topological polar surface area (TPSA) is 62.3 Å². The fourth-order valence-electron chi connectivity index (χ4n) is 2.80. The van der Waals surface area contributed by atoms with Crippen molar-refractivity contribution < 1.29 is 9.59 Å². The van der Waals surface area contributed by atoms with Crippen LogP contribution in [0.3, 0.4) is 0 Å². The molecule has 0 saturated carbocycles. The first-order valence-electron chi connectivity index (χ1n) is 7.74. The molecule has 5 nitrogen and oxygen atoms in total. The fourth-order valence-corrected chi connectivity index (χ4v) is 2.92. The van der Waals surface area contributed by atoms with E-state index < -0.39 is 5.92 Å². The number of hydrogen-bond donors (Lipinski definition) is 1. The van der Waals surface area contributed by atoms with E-state index in [1.54, 1.807) is 17.0 Å². The third-order valence-electron chi connectivity index (χ3n) is 4.13. The number of anilines is 2. The lowest BCUT2D eigenvalue weighted by Crippen LogP contribution is -2.28. The van der Waals surface area contributed by atoms with Gasteiger partial charge in [0.2, 0.25) is 11.8 Å². The second kappa shape index (κ2) is 6.61. The van der Waals surface area contributed by atoms with Gasteiger partial charge in [-0.15, -0.1) is 0 Å². The van der Waals surface area contributed by atoms with E-state index in [0.29, 0.717) is 17.4 Å². The zero-order valence-electron chi connectivity index (χ0n) is 13.5. The molecule has 2 heterocycles. The SMILES string of the molecule is Cc1ccc(C)c(N2CC(C(=O)Nc3ccc(Cl)cn3)CC2=O)c1. The van der Waals surface area contributed by atoms with Crippen LogP contribution in [0.5, 0.6) is 0 Å². The Morgan fingerprint density at radius 2 is 2.08 bits per heavy atom. The van der Waals surface area contributed by atoms with E-state index in [0.717, 1.165) is 16.8 Å². The van der Waals surface area contributed by atoms with Gasteiger partial charge in [-0.1, -0.05) is 23.7 Å². The molecule has 1 saturated heterocycles. The molecule has 1 aromatic carbocycles. The van der Waals surface area contributed by atoms with Crippen LogP contribution in [0.2, 0.25) is 5.02 Å². The van der Waals surface area contributed by atoms with Crippen molar-refractivity contribution in [2.75, 3.05) is 16.8 Å². The lowest BCUT2D eigenvalue weighted by Gasteiger charge is -2.19. The number of benzene rings is 1. The first-order chi connectivity index (χ1) is 11.4. The monoisotopic (exact) mass is 343 g/mol. The minimum Gasteiger partial charge on any atom is -0.311 e. The van der Waals surface area contributed by atoms with Crippen LogP contribution in [0.1, 0.15) is 17.5 Å². The van der Waals surface area contributed by atoms with Crippen LogP contribution in [0.25, 0.3) is 0 Å². The number of aromatic nitrogens is 1. The maximum Gasteiger partial charge on any atom is 0.230 e. The van der Waals surface area contributed by atoms with Crippen molar-refractivity contribution in [2.45, 2.75) is 20.3 Å². The normalized spacial score (nSPS) is 17.2. The number of nitrogens with zero attached hydrogens (tertiary/aromatic N) is 2. The van der Waals surface area contributed by atoms with Crippen molar-refractivity contribution in [1.82, 2.24) is 4.98 Å². The zero-order chi connectivity index (χ0) is 17.3. The van der Waals surface area contributed by atoms with Gasteiger partial charge in [0.25, 0.3) is 0 Å². The maximum absolute atomic E-state index is 12.4. The predicted octanol–water partition coefficient (Wildman–Crippen LogP) is 3.34. The number of rotatable bonds is 3. The zero-order valence-corrected chi connectivity index (χ0v) is 14.3. The van der Waals surface area contributed by atoms with Gasteiger partial charge < -0.3 is 10.2 Å². The highest BCUT2D eigenvalue weighted by molar-refractivity contribution is 6.30. The van der Waals surface area contributed by atoms with Gasteiger partial charge >= 0.3 is 0 Å². The van der Waals surface area contributed by atoms with Crippen molar-refractivity contribution in [1.29, 1.82) is 0 Å². The molecule has 0 aliphatic carbocycles. The first kappa shape index (κ1) is 16.5. The molecule has 0 spiro atoms. The van der Waals surface area contributed by atoms with Crippen molar-refractivity contribution in [3.63, 3.8) is 0 Å². The quantitative estimate of drug-likeness (QED) is 0.929. The molecule has 1 unspecified atom stereocenters. The Morgan fingerprint density at radius 1 is 1.29 bits per heavy atom. The molecule has 0 radical (unpaired) electrons. The lowest BCUT2D eigenvalue weighted by molar-refractivity contribution is -0.122. The number of amides is 2. The number of nitrogens with one attached hydrogen (secondary N) is 1. The molecular weight excluding hydrogens is 326 g/mol. The Morgan fingerprint density at radius 3 is 2.79 bits per heavy atom. The molecule has 1 aromatic heterocycles. The van der Waals surface area contributed by atoms with Crippen molar-refractivity contribution in [3.8, 4) is 0 Å². The summed E-state index contributed by atoms with van der Waals surface area (Å²) < 4.78 is 0. The van der Waals surface area contributed by atoms with E-state index in [1.165, 1.54) is 6.20 Å². The molecule has 2 aromatic rings. The van der Waals surface area contributed by atoms with E-state index >= 15 is 0 Å². The molecular formula is C18H18ClN3O2. The van der Waals surface area contributed by atoms with E-state index in [1.807, 2.05) is 32.0 Å². The van der Waals surface area contributed by atoms with Crippen LogP contribution in [-0.2, 0) is 9.59 Å². The summed E-state index contributed by atoms with van der Waals surface area (Å²) in [4.78, 5) is 30.5. The number of pyridine rings is 1. The van der Waals surface area contributed by atoms with Crippen LogP contribution in [-0.4, -0.2) is 23.3 Å². The van der Waals surface area contributed by atoms with Crippen LogP contribution >= 0.6 is 11.6 Å². The highest BCUT2D eigenvalue weighted by Gasteiger charge is 2.35. The van der Waals surface area contributed by atoms with Gasteiger partial charge in [0, 0.05) is 24.8 Å². The minimum atomic E-state index is -0.394. The van der Waals surface area contributed by atoms with Gasteiger partial charge in [-0.25, -0.2) is 4.98 Å². The molecule has 1 atom stereocenters. The predicted molar refractivity (Wildman–Crippen MR) is 94.3 cm³/mol. The molecule has 1 aliphatic rings. The van der Waals surface area contributed by atoms with Crippen LogP contribution in [0, 0.1) is 19.8 Å². The van der Waals surface area contributed by atoms with Gasteiger partial charge in [0.05, 0.1) is 10.9 Å². The van der Waals surface area contributed by atoms with Crippen molar-refractivity contribution in [2.24, 2.45) is 5.92 Å². The number of carbonyl (C=O) groups excluding carboxylic acids is 2. The summed E-state index contributed by atoms with van der Waals surface area (Å²) in [5.41, 5.74) is 2.98. The highest BCUT2D eigenvalue weighted by atomic mass is 35.5.